The molecular formula is C34H37FeN4O7. The zero-order valence-electron chi connectivity index (χ0n) is 28.4. The molecule has 5 heterocycles. The molecule has 8 bridgehead atoms. The summed E-state index contributed by atoms with van der Waals surface area (Å²) in [4.78, 5) is 42.3. The SMILES string of the molecule is CC1=C(C(C)O)c2cc3nc(cc4[n-]c(cc5[n-]c(cc1n2)c(C)c5CCC(=O)[O-])c(CCC(=O)[O-])c4C)C(C(C)O)=C3C.[Fe+3].[H+].[H+].[OH-]. The number of carboxylic acid groups (broad SMARTS) is 2. The fourth-order valence-corrected chi connectivity index (χ4v) is 6.14. The molecule has 46 heavy (non-hydrogen) atoms. The van der Waals surface area contributed by atoms with Crippen molar-refractivity contribution in [2.45, 2.75) is 79.4 Å². The van der Waals surface area contributed by atoms with Crippen LogP contribution in [0.15, 0.2) is 24.3 Å². The molecule has 3 aromatic heterocycles. The van der Waals surface area contributed by atoms with Crippen LogP contribution in [0, 0.1) is 13.8 Å². The predicted octanol–water partition coefficient (Wildman–Crippen LogP) is 2.22. The van der Waals surface area contributed by atoms with Gasteiger partial charge in [0.05, 0.1) is 35.0 Å². The van der Waals surface area contributed by atoms with Crippen LogP contribution in [0.2, 0.25) is 0 Å². The predicted molar refractivity (Wildman–Crippen MR) is 168 cm³/mol. The van der Waals surface area contributed by atoms with Crippen LogP contribution >= 0.6 is 0 Å². The molecule has 2 unspecified atom stereocenters. The molecule has 0 saturated carbocycles. The number of aliphatic hydroxyl groups is 2. The van der Waals surface area contributed by atoms with Crippen LogP contribution in [-0.2, 0) is 39.5 Å². The van der Waals surface area contributed by atoms with Gasteiger partial charge in [-0.1, -0.05) is 40.5 Å². The molecule has 11 nitrogen and oxygen atoms in total. The first-order valence-electron chi connectivity index (χ1n) is 14.6. The van der Waals surface area contributed by atoms with E-state index < -0.39 is 24.1 Å². The number of hydrogen-bond acceptors (Lipinski definition) is 9. The second-order valence-corrected chi connectivity index (χ2v) is 11.5. The van der Waals surface area contributed by atoms with E-state index in [9.17, 15) is 30.0 Å². The van der Waals surface area contributed by atoms with Crippen molar-refractivity contribution in [3.63, 3.8) is 0 Å². The topological polar surface area (TPSA) is 205 Å². The standard InChI is InChI=1S/C34H38N4O6.Fe.H2O/c1-15-21(7-9-31(41)42)27-14-28-22(8-10-32(43)44)16(2)24(36-28)12-29-34(20(6)40)18(4)26(38-29)13-30-33(19(5)39)17(3)25(37-30)11-23(15)35-27;;/h11-14,19-20,39-40H,7-10H2,1-6H3,(H4,35,36,37,38,41,42,43,44);;1H2/q;+3;/p-3. The normalized spacial score (nSPS) is 14.1. The number of carboxylic acids is 2. The summed E-state index contributed by atoms with van der Waals surface area (Å²) in [6.07, 6.45) is -1.73. The van der Waals surface area contributed by atoms with Gasteiger partial charge in [0.1, 0.15) is 0 Å². The molecule has 0 saturated heterocycles. The summed E-state index contributed by atoms with van der Waals surface area (Å²) < 4.78 is 0. The van der Waals surface area contributed by atoms with Crippen LogP contribution in [0.3, 0.4) is 0 Å². The van der Waals surface area contributed by atoms with E-state index >= 15 is 0 Å². The summed E-state index contributed by atoms with van der Waals surface area (Å²) in [6.45, 7) is 10.8. The molecule has 2 aliphatic heterocycles. The van der Waals surface area contributed by atoms with Crippen molar-refractivity contribution in [1.29, 1.82) is 0 Å². The van der Waals surface area contributed by atoms with Crippen LogP contribution in [0.1, 0.15) is 88.4 Å². The largest absolute Gasteiger partial charge is 3.00 e. The van der Waals surface area contributed by atoms with Crippen molar-refractivity contribution in [3.05, 3.63) is 69.3 Å². The number of aliphatic carboxylic acids is 2. The summed E-state index contributed by atoms with van der Waals surface area (Å²) >= 11 is 0. The van der Waals surface area contributed by atoms with Gasteiger partial charge < -0.3 is 45.5 Å². The molecule has 0 amide bonds. The Bertz CT molecular complexity index is 1940. The van der Waals surface area contributed by atoms with E-state index in [1.807, 2.05) is 33.8 Å². The van der Waals surface area contributed by atoms with Gasteiger partial charge in [-0.2, -0.15) is 0 Å². The number of aryl methyl sites for hydroxylation is 4. The van der Waals surface area contributed by atoms with Gasteiger partial charge in [0.2, 0.25) is 0 Å². The Labute approximate surface area is 279 Å². The molecule has 5 rings (SSSR count). The molecule has 0 fully saturated rings. The maximum atomic E-state index is 11.4. The van der Waals surface area contributed by atoms with Crippen molar-refractivity contribution in [2.24, 2.45) is 0 Å². The van der Waals surface area contributed by atoms with E-state index in [0.29, 0.717) is 67.1 Å². The average molecular weight is 670 g/mol. The van der Waals surface area contributed by atoms with Crippen LogP contribution in [0.5, 0.6) is 0 Å². The molecule has 3 N–H and O–H groups in total. The third-order valence-electron chi connectivity index (χ3n) is 8.47. The Hall–Kier alpha value is -4.06. The summed E-state index contributed by atoms with van der Waals surface area (Å²) in [7, 11) is 0. The van der Waals surface area contributed by atoms with Crippen LogP contribution in [0.25, 0.3) is 44.4 Å². The Morgan fingerprint density at radius 3 is 1.46 bits per heavy atom. The first kappa shape index (κ1) is 36.4. The third-order valence-corrected chi connectivity index (χ3v) is 8.47. The second kappa shape index (κ2) is 14.1. The Balaban J connectivity index is 0.00000288. The second-order valence-electron chi connectivity index (χ2n) is 11.5. The zero-order chi connectivity index (χ0) is 32.0. The molecule has 243 valence electrons. The average Bonchev–Trinajstić information content (AvgIpc) is 3.59. The van der Waals surface area contributed by atoms with Crippen LogP contribution in [-0.4, -0.2) is 49.8 Å². The summed E-state index contributed by atoms with van der Waals surface area (Å²) in [5.41, 5.74) is 10.2. The number of allylic oxidation sites excluding steroid dienone is 2. The van der Waals surface area contributed by atoms with E-state index in [1.165, 1.54) is 0 Å². The number of fused-ring (bicyclic) bond motifs is 8. The van der Waals surface area contributed by atoms with Crippen molar-refractivity contribution in [3.8, 4) is 0 Å². The number of carbonyl (C=O) groups is 2. The first-order chi connectivity index (χ1) is 20.8. The van der Waals surface area contributed by atoms with E-state index in [1.54, 1.807) is 32.0 Å². The minimum atomic E-state index is -1.19. The number of hydrogen-bond donors (Lipinski definition) is 2. The Morgan fingerprint density at radius 2 is 1.07 bits per heavy atom. The van der Waals surface area contributed by atoms with Crippen molar-refractivity contribution >= 4 is 56.3 Å². The number of rotatable bonds is 8. The monoisotopic (exact) mass is 669 g/mol. The van der Waals surface area contributed by atoms with Gasteiger partial charge >= 0.3 is 19.9 Å². The fourth-order valence-electron chi connectivity index (χ4n) is 6.14. The molecule has 12 heteroatoms. The number of aromatic nitrogens is 4. The third kappa shape index (κ3) is 6.86. The summed E-state index contributed by atoms with van der Waals surface area (Å²) in [5, 5.41) is 44.3. The van der Waals surface area contributed by atoms with E-state index in [4.69, 9.17) is 19.9 Å². The van der Waals surface area contributed by atoms with Crippen molar-refractivity contribution in [2.75, 3.05) is 0 Å². The molecule has 2 atom stereocenters. The quantitative estimate of drug-likeness (QED) is 0.333. The molecule has 0 aromatic carbocycles. The van der Waals surface area contributed by atoms with Gasteiger partial charge in [0, 0.05) is 23.1 Å². The van der Waals surface area contributed by atoms with Gasteiger partial charge in [0.15, 0.2) is 0 Å². The smallest absolute Gasteiger partial charge is 0.870 e. The van der Waals surface area contributed by atoms with Crippen LogP contribution < -0.4 is 20.2 Å². The number of nitrogens with zero attached hydrogens (tertiary/aromatic N) is 4. The van der Waals surface area contributed by atoms with Crippen LogP contribution in [0.4, 0.5) is 0 Å². The molecule has 0 aliphatic carbocycles. The van der Waals surface area contributed by atoms with Gasteiger partial charge in [-0.05, 0) is 84.4 Å². The Kier molecular flexibility index (Phi) is 11.2. The number of aliphatic hydroxyl groups excluding tert-OH is 2. The van der Waals surface area contributed by atoms with E-state index in [-0.39, 0.29) is 51.1 Å². The van der Waals surface area contributed by atoms with Gasteiger partial charge in [-0.15, -0.1) is 22.1 Å². The minimum absolute atomic E-state index is 0. The summed E-state index contributed by atoms with van der Waals surface area (Å²) in [6, 6.07) is 7.15. The van der Waals surface area contributed by atoms with E-state index in [2.05, 4.69) is 0 Å². The zero-order valence-corrected chi connectivity index (χ0v) is 27.5. The molecular weight excluding hydrogens is 632 g/mol. The van der Waals surface area contributed by atoms with Gasteiger partial charge in [-0.3, -0.25) is 0 Å². The molecule has 3 aromatic rings. The maximum Gasteiger partial charge on any atom is 3.00 e. The minimum Gasteiger partial charge on any atom is -0.870 e. The molecule has 0 spiro atoms. The van der Waals surface area contributed by atoms with Gasteiger partial charge in [0.25, 0.3) is 0 Å². The Morgan fingerprint density at radius 1 is 0.696 bits per heavy atom. The number of carbonyl (C=O) groups excluding carboxylic acids is 2. The van der Waals surface area contributed by atoms with Crippen molar-refractivity contribution in [1.82, 2.24) is 19.9 Å². The van der Waals surface area contributed by atoms with Gasteiger partial charge in [-0.25, -0.2) is 9.97 Å². The summed E-state index contributed by atoms with van der Waals surface area (Å²) in [5.74, 6) is -2.37. The maximum absolute atomic E-state index is 11.4. The molecule has 1 radical (unpaired) electrons. The van der Waals surface area contributed by atoms with E-state index in [0.717, 1.165) is 22.3 Å². The molecule has 2 aliphatic rings. The van der Waals surface area contributed by atoms with Crippen molar-refractivity contribution < 1.29 is 55.4 Å². The fraction of sp³-hybridized carbons (Fsp3) is 0.353. The first-order valence-corrected chi connectivity index (χ1v) is 14.6.